The van der Waals surface area contributed by atoms with Gasteiger partial charge in [0, 0.05) is 6.54 Å². The highest BCUT2D eigenvalue weighted by atomic mass is 32.2. The number of sulfonamides is 1. The zero-order valence-corrected chi connectivity index (χ0v) is 17.7. The van der Waals surface area contributed by atoms with Gasteiger partial charge < -0.3 is 14.5 Å². The van der Waals surface area contributed by atoms with Crippen LogP contribution in [0.3, 0.4) is 0 Å². The van der Waals surface area contributed by atoms with Crippen LogP contribution in [0.1, 0.15) is 26.2 Å². The van der Waals surface area contributed by atoms with Gasteiger partial charge in [-0.3, -0.25) is 4.79 Å². The Bertz CT molecular complexity index is 807. The molecule has 2 aliphatic rings. The molecule has 1 aromatic carbocycles. The molecule has 29 heavy (non-hydrogen) atoms. The van der Waals surface area contributed by atoms with Crippen molar-refractivity contribution in [2.24, 2.45) is 0 Å². The van der Waals surface area contributed by atoms with Gasteiger partial charge in [-0.2, -0.15) is 4.31 Å². The first kappa shape index (κ1) is 21.7. The van der Waals surface area contributed by atoms with E-state index in [1.165, 1.54) is 4.31 Å². The molecule has 3 rings (SSSR count). The van der Waals surface area contributed by atoms with Crippen LogP contribution in [-0.4, -0.2) is 81.4 Å². The Morgan fingerprint density at radius 1 is 1.10 bits per heavy atom. The van der Waals surface area contributed by atoms with Gasteiger partial charge in [-0.1, -0.05) is 18.2 Å². The van der Waals surface area contributed by atoms with Gasteiger partial charge >= 0.3 is 5.97 Å². The number of piperidine rings is 1. The van der Waals surface area contributed by atoms with Crippen molar-refractivity contribution in [2.45, 2.75) is 37.1 Å². The first-order chi connectivity index (χ1) is 13.9. The molecule has 0 radical (unpaired) electrons. The minimum atomic E-state index is -3.50. The zero-order valence-electron chi connectivity index (χ0n) is 16.9. The Morgan fingerprint density at radius 3 is 2.45 bits per heavy atom. The minimum Gasteiger partial charge on any atom is -0.464 e. The molecule has 8 nitrogen and oxygen atoms in total. The number of ether oxygens (including phenoxy) is 1. The summed E-state index contributed by atoms with van der Waals surface area (Å²) in [5.74, 6) is -0.383. The fraction of sp³-hybridized carbons (Fsp3) is 0.600. The van der Waals surface area contributed by atoms with Crippen molar-refractivity contribution in [3.63, 3.8) is 0 Å². The molecule has 0 bridgehead atoms. The smallest absolute Gasteiger partial charge is 0.328 e. The first-order valence-corrected chi connectivity index (χ1v) is 11.7. The number of carbonyl (C=O) groups is 2. The summed E-state index contributed by atoms with van der Waals surface area (Å²) < 4.78 is 32.1. The van der Waals surface area contributed by atoms with Crippen LogP contribution in [-0.2, 0) is 24.3 Å². The highest BCUT2D eigenvalue weighted by Crippen LogP contribution is 2.18. The Labute approximate surface area is 172 Å². The maximum Gasteiger partial charge on any atom is 0.328 e. The molecule has 2 saturated heterocycles. The van der Waals surface area contributed by atoms with Crippen molar-refractivity contribution < 1.29 is 27.6 Å². The van der Waals surface area contributed by atoms with Crippen molar-refractivity contribution in [2.75, 3.05) is 45.9 Å². The third-order valence-corrected chi connectivity index (χ3v) is 7.51. The van der Waals surface area contributed by atoms with Gasteiger partial charge in [-0.25, -0.2) is 13.2 Å². The van der Waals surface area contributed by atoms with E-state index in [4.69, 9.17) is 4.74 Å². The quantitative estimate of drug-likeness (QED) is 0.624. The Balaban J connectivity index is 1.56. The van der Waals surface area contributed by atoms with E-state index in [2.05, 4.69) is 0 Å². The first-order valence-electron chi connectivity index (χ1n) is 10.3. The molecular weight excluding hydrogens is 394 g/mol. The van der Waals surface area contributed by atoms with Gasteiger partial charge in [0.05, 0.1) is 37.7 Å². The fourth-order valence-electron chi connectivity index (χ4n) is 3.99. The number of esters is 1. The molecule has 1 N–H and O–H groups in total. The molecule has 2 aliphatic heterocycles. The number of nitrogens with one attached hydrogen (secondary N) is 1. The van der Waals surface area contributed by atoms with Crippen molar-refractivity contribution >= 4 is 21.9 Å². The van der Waals surface area contributed by atoms with Crippen molar-refractivity contribution in [1.29, 1.82) is 0 Å². The minimum absolute atomic E-state index is 0.0582. The van der Waals surface area contributed by atoms with Crippen LogP contribution in [0.5, 0.6) is 0 Å². The molecule has 0 saturated carbocycles. The zero-order chi connectivity index (χ0) is 20.9. The van der Waals surface area contributed by atoms with E-state index >= 15 is 0 Å². The van der Waals surface area contributed by atoms with Crippen molar-refractivity contribution in [3.8, 4) is 0 Å². The lowest BCUT2D eigenvalue weighted by atomic mass is 10.0. The van der Waals surface area contributed by atoms with E-state index in [0.29, 0.717) is 50.6 Å². The lowest BCUT2D eigenvalue weighted by Crippen LogP contribution is -3.15. The molecule has 0 aliphatic carbocycles. The number of hydrogen-bond acceptors (Lipinski definition) is 5. The maximum absolute atomic E-state index is 12.9. The predicted molar refractivity (Wildman–Crippen MR) is 107 cm³/mol. The normalized spacial score (nSPS) is 21.7. The van der Waals surface area contributed by atoms with Crippen LogP contribution in [0.4, 0.5) is 0 Å². The second kappa shape index (κ2) is 9.69. The van der Waals surface area contributed by atoms with E-state index in [9.17, 15) is 18.0 Å². The van der Waals surface area contributed by atoms with Crippen molar-refractivity contribution in [3.05, 3.63) is 30.3 Å². The molecule has 0 unspecified atom stereocenters. The Hall–Kier alpha value is -1.97. The summed E-state index contributed by atoms with van der Waals surface area (Å²) in [6, 6.07) is 7.93. The number of rotatable bonds is 6. The lowest BCUT2D eigenvalue weighted by molar-refractivity contribution is -0.896. The molecule has 9 heteroatoms. The van der Waals surface area contributed by atoms with Gasteiger partial charge in [0.1, 0.15) is 6.04 Å². The number of carbonyl (C=O) groups excluding carboxylic acids is 2. The second-order valence-corrected chi connectivity index (χ2v) is 9.43. The highest BCUT2D eigenvalue weighted by molar-refractivity contribution is 7.89. The molecule has 1 atom stereocenters. The van der Waals surface area contributed by atoms with E-state index < -0.39 is 16.1 Å². The number of piperazine rings is 1. The van der Waals surface area contributed by atoms with E-state index in [0.717, 1.165) is 17.7 Å². The Morgan fingerprint density at radius 2 is 1.79 bits per heavy atom. The molecule has 2 fully saturated rings. The standard InChI is InChI=1S/C20H29N3O5S/c1-2-28-20(25)18-10-6-7-11-23(18)19(24)16-21-12-14-22(15-13-21)29(26,27)17-8-4-3-5-9-17/h3-5,8-9,18H,2,6-7,10-16H2,1H3/p+1/t18-/m1/s1. The highest BCUT2D eigenvalue weighted by Gasteiger charge is 2.36. The van der Waals surface area contributed by atoms with Crippen molar-refractivity contribution in [1.82, 2.24) is 9.21 Å². The van der Waals surface area contributed by atoms with Gasteiger partial charge in [-0.15, -0.1) is 0 Å². The van der Waals surface area contributed by atoms with Gasteiger partial charge in [0.2, 0.25) is 10.0 Å². The molecule has 1 aromatic rings. The summed E-state index contributed by atoms with van der Waals surface area (Å²) in [5.41, 5.74) is 0. The maximum atomic E-state index is 12.9. The third kappa shape index (κ3) is 5.15. The molecule has 160 valence electrons. The Kier molecular flexibility index (Phi) is 7.26. The second-order valence-electron chi connectivity index (χ2n) is 7.49. The average molecular weight is 425 g/mol. The predicted octanol–water partition coefficient (Wildman–Crippen LogP) is -0.480. The van der Waals surface area contributed by atoms with Crippen LogP contribution in [0.25, 0.3) is 0 Å². The number of likely N-dealkylation sites (tertiary alicyclic amines) is 1. The van der Waals surface area contributed by atoms with Crippen LogP contribution in [0, 0.1) is 0 Å². The number of quaternary nitrogens is 1. The number of amides is 1. The van der Waals surface area contributed by atoms with E-state index in [-0.39, 0.29) is 18.4 Å². The largest absolute Gasteiger partial charge is 0.464 e. The van der Waals surface area contributed by atoms with Crippen LogP contribution in [0.2, 0.25) is 0 Å². The molecular formula is C20H30N3O5S+. The topological polar surface area (TPSA) is 88.4 Å². The van der Waals surface area contributed by atoms with E-state index in [1.807, 2.05) is 0 Å². The number of hydrogen-bond donors (Lipinski definition) is 1. The molecule has 0 aromatic heterocycles. The monoisotopic (exact) mass is 424 g/mol. The van der Waals surface area contributed by atoms with Gasteiger partial charge in [-0.05, 0) is 38.3 Å². The van der Waals surface area contributed by atoms with Crippen LogP contribution < -0.4 is 4.90 Å². The summed E-state index contributed by atoms with van der Waals surface area (Å²) in [5, 5.41) is 0. The van der Waals surface area contributed by atoms with Gasteiger partial charge in [0.25, 0.3) is 5.91 Å². The lowest BCUT2D eigenvalue weighted by Gasteiger charge is -2.36. The molecule has 1 amide bonds. The summed E-state index contributed by atoms with van der Waals surface area (Å²) in [6.45, 7) is 4.80. The van der Waals surface area contributed by atoms with Crippen LogP contribution in [0.15, 0.2) is 35.2 Å². The van der Waals surface area contributed by atoms with E-state index in [1.54, 1.807) is 42.2 Å². The summed E-state index contributed by atoms with van der Waals surface area (Å²) >= 11 is 0. The van der Waals surface area contributed by atoms with Crippen LogP contribution >= 0.6 is 0 Å². The molecule has 0 spiro atoms. The fourth-order valence-corrected chi connectivity index (χ4v) is 5.45. The summed E-state index contributed by atoms with van der Waals surface area (Å²) in [7, 11) is -3.50. The summed E-state index contributed by atoms with van der Waals surface area (Å²) in [4.78, 5) is 28.0. The number of benzene rings is 1. The molecule has 2 heterocycles. The average Bonchev–Trinajstić information content (AvgIpc) is 2.75. The SMILES string of the molecule is CCOC(=O)[C@H]1CCCCN1C(=O)C[NH+]1CCN(S(=O)(=O)c2ccccc2)CC1. The van der Waals surface area contributed by atoms with Gasteiger partial charge in [0.15, 0.2) is 6.54 Å². The number of nitrogens with zero attached hydrogens (tertiary/aromatic N) is 2. The summed E-state index contributed by atoms with van der Waals surface area (Å²) in [6.07, 6.45) is 2.44. The third-order valence-electron chi connectivity index (χ3n) is 5.59.